The van der Waals surface area contributed by atoms with Crippen molar-refractivity contribution in [2.75, 3.05) is 0 Å². The van der Waals surface area contributed by atoms with E-state index < -0.39 is 0 Å². The molecule has 0 aromatic heterocycles. The van der Waals surface area contributed by atoms with Crippen molar-refractivity contribution < 1.29 is 0 Å². The molecule has 11 rings (SSSR count). The minimum atomic E-state index is 0.324. The van der Waals surface area contributed by atoms with Gasteiger partial charge in [-0.3, -0.25) is 0 Å². The lowest BCUT2D eigenvalue weighted by Crippen LogP contribution is -2.08. The van der Waals surface area contributed by atoms with Gasteiger partial charge in [0.2, 0.25) is 0 Å². The first-order chi connectivity index (χ1) is 62.5. The monoisotopic (exact) mass is 1730 g/mol. The van der Waals surface area contributed by atoms with Crippen molar-refractivity contribution >= 4 is 17.2 Å². The zero-order chi connectivity index (χ0) is 95.9. The van der Waals surface area contributed by atoms with Gasteiger partial charge >= 0.3 is 0 Å². The predicted molar refractivity (Wildman–Crippen MR) is 586 cm³/mol. The number of allylic oxidation sites excluding steroid dienone is 8. The summed E-state index contributed by atoms with van der Waals surface area (Å²) in [6.45, 7) is 65.2. The van der Waals surface area contributed by atoms with Crippen LogP contribution in [0.3, 0.4) is 0 Å². The Morgan fingerprint density at radius 2 is 0.597 bits per heavy atom. The molecule has 0 spiro atoms. The summed E-state index contributed by atoms with van der Waals surface area (Å²) < 4.78 is 0. The van der Waals surface area contributed by atoms with E-state index in [-0.39, 0.29) is 0 Å². The van der Waals surface area contributed by atoms with Gasteiger partial charge in [-0.15, -0.1) is 32.1 Å². The van der Waals surface area contributed by atoms with Crippen LogP contribution in [0.4, 0.5) is 0 Å². The van der Waals surface area contributed by atoms with E-state index in [2.05, 4.69) is 521 Å². The van der Waals surface area contributed by atoms with Gasteiger partial charge in [0.05, 0.1) is 0 Å². The zero-order valence-corrected chi connectivity index (χ0v) is 84.8. The molecule has 0 aliphatic carbocycles. The minimum Gasteiger partial charge on any atom is -0.120 e. The van der Waals surface area contributed by atoms with E-state index in [0.29, 0.717) is 53.3 Å². The average Bonchev–Trinajstić information content (AvgIpc) is 0.839. The lowest BCUT2D eigenvalue weighted by molar-refractivity contribution is 0.489. The Labute approximate surface area is 794 Å². The third-order valence-electron chi connectivity index (χ3n) is 21.9. The molecule has 0 heterocycles. The molecule has 8 unspecified atom stereocenters. The summed E-state index contributed by atoms with van der Waals surface area (Å²) in [6.07, 6.45) is 33.9. The van der Waals surface area contributed by atoms with Crippen LogP contribution in [0.25, 0.3) is 17.2 Å². The van der Waals surface area contributed by atoms with Crippen LogP contribution in [-0.2, 0) is 0 Å². The highest BCUT2D eigenvalue weighted by atomic mass is 14.3. The molecular formula is C129H176. The second-order valence-corrected chi connectivity index (χ2v) is 34.2. The van der Waals surface area contributed by atoms with Gasteiger partial charge in [-0.2, -0.15) is 0 Å². The van der Waals surface area contributed by atoms with Crippen molar-refractivity contribution in [3.8, 4) is 12.3 Å². The molecule has 692 valence electrons. The van der Waals surface area contributed by atoms with E-state index in [4.69, 9.17) is 6.42 Å². The van der Waals surface area contributed by atoms with Crippen LogP contribution in [-0.4, -0.2) is 0 Å². The molecule has 11 aromatic rings. The third-order valence-corrected chi connectivity index (χ3v) is 21.9. The number of unbranched alkanes of at least 4 members (excludes halogenated alkanes) is 1. The maximum atomic E-state index is 4.78. The SMILES string of the molecule is C#CCC.C=C(C)CC(C)C=CC.C=C(C)CCC.C=C(CC(CC(/C=C\c1ccccc1)c1ccccc1)c1ccccc1)c1ccccc1.C=C(CC(CC(C)c1ccccc1)c1ccccc1)c1ccccc1.C=CCC.CC.CC(CC(CC(C)c1ccccc1)c1ccccc1)c1ccccc1.CCC.CCC(C)C.CCC(C)c1ccccc1.CCCC. The third kappa shape index (κ3) is 58.4. The highest BCUT2D eigenvalue weighted by Gasteiger charge is 2.23. The van der Waals surface area contributed by atoms with Gasteiger partial charge in [0.1, 0.15) is 0 Å². The molecule has 0 N–H and O–H groups in total. The molecule has 129 heavy (non-hydrogen) atoms. The first kappa shape index (κ1) is 118. The van der Waals surface area contributed by atoms with E-state index in [9.17, 15) is 0 Å². The Morgan fingerprint density at radius 1 is 0.333 bits per heavy atom. The van der Waals surface area contributed by atoms with Crippen LogP contribution in [0, 0.1) is 24.2 Å². The molecule has 0 nitrogen and oxygen atoms in total. The van der Waals surface area contributed by atoms with E-state index in [0.717, 1.165) is 50.9 Å². The Morgan fingerprint density at radius 3 is 0.845 bits per heavy atom. The fourth-order valence-corrected chi connectivity index (χ4v) is 13.9. The lowest BCUT2D eigenvalue weighted by atomic mass is 9.80. The van der Waals surface area contributed by atoms with E-state index in [1.807, 2.05) is 26.8 Å². The summed E-state index contributed by atoms with van der Waals surface area (Å²) in [4.78, 5) is 0. The quantitative estimate of drug-likeness (QED) is 0.0284. The van der Waals surface area contributed by atoms with Crippen molar-refractivity contribution in [1.29, 1.82) is 0 Å². The Hall–Kier alpha value is -10.8. The largest absolute Gasteiger partial charge is 0.120 e. The van der Waals surface area contributed by atoms with Crippen LogP contribution in [0.5, 0.6) is 0 Å². The summed E-state index contributed by atoms with van der Waals surface area (Å²) >= 11 is 0. The Kier molecular flexibility index (Phi) is 72.7. The molecule has 0 bridgehead atoms. The molecule has 0 fully saturated rings. The maximum absolute atomic E-state index is 4.78. The highest BCUT2D eigenvalue weighted by molar-refractivity contribution is 5.65. The molecule has 0 amide bonds. The van der Waals surface area contributed by atoms with E-state index in [1.54, 1.807) is 0 Å². The molecule has 11 aromatic carbocycles. The van der Waals surface area contributed by atoms with Crippen LogP contribution in [0.1, 0.15) is 357 Å². The van der Waals surface area contributed by atoms with Gasteiger partial charge in [0.15, 0.2) is 0 Å². The first-order valence-corrected chi connectivity index (χ1v) is 49.0. The van der Waals surface area contributed by atoms with Crippen LogP contribution in [0.15, 0.2) is 402 Å². The molecule has 0 saturated heterocycles. The fourth-order valence-electron chi connectivity index (χ4n) is 13.9. The van der Waals surface area contributed by atoms with Crippen LogP contribution in [0.2, 0.25) is 0 Å². The first-order valence-electron chi connectivity index (χ1n) is 49.0. The molecule has 0 saturated carbocycles. The lowest BCUT2D eigenvalue weighted by Gasteiger charge is -2.25. The van der Waals surface area contributed by atoms with Crippen molar-refractivity contribution in [1.82, 2.24) is 0 Å². The number of hydrogen-bond donors (Lipinski definition) is 0. The summed E-state index contributed by atoms with van der Waals surface area (Å²) in [5.74, 6) is 8.10. The van der Waals surface area contributed by atoms with E-state index >= 15 is 0 Å². The highest BCUT2D eigenvalue weighted by Crippen LogP contribution is 2.40. The van der Waals surface area contributed by atoms with Gasteiger partial charge in [0, 0.05) is 12.3 Å². The maximum Gasteiger partial charge on any atom is 0.00576 e. The standard InChI is InChI=1S/C32H30.C25H28.C25H26.C10H14.C9H16.C6H12.C5H12.C4H10.C4H8.C4H6.C3H8.C2H6/c1-26(28-16-8-3-9-17-28)24-32(30-20-12-5-13-21-30)25-31(29-18-10-4-11-19-29)23-22-27-14-6-2-7-15-27;2*1-20(22-12-6-3-7-13-22)18-25(24-16-10-5-11-17-24)19-21(2)23-14-8-4-9-15-23;1-3-9(2)10-7-5-4-6-8-10;1-5-6-9(4)7-8(2)3;1-4-5-6(2)3;1-4-5(2)3;3*1-3-4-2;1-3-2;1-2/h2-23,31-32H,1,24-25H2;3-17,20-21,25H,18-19H2,1-2H3;3-17,21,25H,1,18-19H2,2H3;4-9H,3H2,1-2H3;5-6,9H,2,7H2,1,3-4H3;2,4-5H2,1,3H3;5H,4H2,1-3H3;3-4H2,1-2H3;3H,1,4H2,2H3;1H,4H2,2H3;3H2,1-2H3;1-2H3/b23-22-;;;;;;;;;;;. The Bertz CT molecular complexity index is 4440. The van der Waals surface area contributed by atoms with Gasteiger partial charge in [-0.25, -0.2) is 0 Å². The normalized spacial score (nSPS) is 12.1. The second kappa shape index (κ2) is 79.3. The van der Waals surface area contributed by atoms with Gasteiger partial charge in [-0.1, -0.05) is 545 Å². The van der Waals surface area contributed by atoms with Gasteiger partial charge in [-0.05, 0) is 211 Å². The number of hydrogen-bond acceptors (Lipinski definition) is 0. The molecule has 0 heteroatoms. The average molecular weight is 1730 g/mol. The fraction of sp³-hybridized carbons (Fsp3) is 0.364. The van der Waals surface area contributed by atoms with E-state index in [1.165, 1.54) is 141 Å². The molecule has 8 atom stereocenters. The number of benzene rings is 11. The number of rotatable bonds is 33. The summed E-state index contributed by atoms with van der Waals surface area (Å²) in [6, 6.07) is 119. The molecule has 0 radical (unpaired) electrons. The van der Waals surface area contributed by atoms with Crippen molar-refractivity contribution in [2.24, 2.45) is 11.8 Å². The minimum absolute atomic E-state index is 0.324. The van der Waals surface area contributed by atoms with Crippen molar-refractivity contribution in [3.63, 3.8) is 0 Å². The van der Waals surface area contributed by atoms with Gasteiger partial charge < -0.3 is 0 Å². The van der Waals surface area contributed by atoms with Crippen molar-refractivity contribution in [3.05, 3.63) is 463 Å². The second-order valence-electron chi connectivity index (χ2n) is 34.2. The summed E-state index contributed by atoms with van der Waals surface area (Å²) in [5, 5.41) is 0. The number of terminal acetylenes is 1. The summed E-state index contributed by atoms with van der Waals surface area (Å²) in [7, 11) is 0. The topological polar surface area (TPSA) is 0 Å². The zero-order valence-electron chi connectivity index (χ0n) is 84.8. The molecule has 0 aliphatic heterocycles. The smallest absolute Gasteiger partial charge is 0.00576 e. The van der Waals surface area contributed by atoms with Crippen LogP contribution >= 0.6 is 0 Å². The molecule has 0 aliphatic rings. The van der Waals surface area contributed by atoms with Crippen molar-refractivity contribution in [2.45, 2.75) is 295 Å². The Balaban J connectivity index is 0.00000154. The van der Waals surface area contributed by atoms with Gasteiger partial charge in [0.25, 0.3) is 0 Å². The van der Waals surface area contributed by atoms with Crippen LogP contribution < -0.4 is 0 Å². The predicted octanol–water partition coefficient (Wildman–Crippen LogP) is 40.6. The molecular weight excluding hydrogens is 1550 g/mol. The summed E-state index contributed by atoms with van der Waals surface area (Å²) in [5.41, 5.74) is 20.0.